The van der Waals surface area contributed by atoms with Gasteiger partial charge in [0.05, 0.1) is 30.8 Å². The monoisotopic (exact) mass is 278 g/mol. The van der Waals surface area contributed by atoms with Gasteiger partial charge in [-0.3, -0.25) is 0 Å². The fourth-order valence-corrected chi connectivity index (χ4v) is 2.75. The van der Waals surface area contributed by atoms with Crippen LogP contribution in [0.2, 0.25) is 0 Å². The Kier molecular flexibility index (Phi) is 2.51. The van der Waals surface area contributed by atoms with Crippen LogP contribution >= 0.6 is 0 Å². The molecule has 2 heterocycles. The zero-order chi connectivity index (χ0) is 14.4. The number of H-pyrrole nitrogens is 1. The molecule has 0 atom stereocenters. The summed E-state index contributed by atoms with van der Waals surface area (Å²) in [6.45, 7) is 0. The molecule has 0 amide bonds. The minimum absolute atomic E-state index is 0.691. The molecule has 0 aliphatic heterocycles. The lowest BCUT2D eigenvalue weighted by atomic mass is 10.1. The number of methoxy groups -OCH3 is 2. The molecule has 0 bridgehead atoms. The number of hydrogen-bond donors (Lipinski definition) is 1. The third-order valence-corrected chi connectivity index (χ3v) is 3.77. The van der Waals surface area contributed by atoms with Crippen LogP contribution in [0.15, 0.2) is 42.5 Å². The lowest BCUT2D eigenvalue weighted by molar-refractivity contribution is 0.356. The number of benzene rings is 2. The first-order valence-electron chi connectivity index (χ1n) is 6.73. The van der Waals surface area contributed by atoms with Crippen molar-refractivity contribution in [2.24, 2.45) is 0 Å². The Hall–Kier alpha value is -2.75. The van der Waals surface area contributed by atoms with Crippen LogP contribution in [0.1, 0.15) is 0 Å². The first-order valence-corrected chi connectivity index (χ1v) is 6.73. The maximum absolute atomic E-state index is 5.35. The van der Waals surface area contributed by atoms with E-state index in [1.54, 1.807) is 14.2 Å². The minimum Gasteiger partial charge on any atom is -0.493 e. The number of ether oxygens (including phenoxy) is 2. The average Bonchev–Trinajstić information content (AvgIpc) is 2.88. The molecule has 2 aromatic heterocycles. The molecule has 4 rings (SSSR count). The van der Waals surface area contributed by atoms with Gasteiger partial charge >= 0.3 is 0 Å². The van der Waals surface area contributed by atoms with Gasteiger partial charge in [0.15, 0.2) is 11.5 Å². The highest BCUT2D eigenvalue weighted by molar-refractivity contribution is 6.08. The summed E-state index contributed by atoms with van der Waals surface area (Å²) in [5.74, 6) is 1.40. The van der Waals surface area contributed by atoms with Crippen LogP contribution in [0, 0.1) is 0 Å². The summed E-state index contributed by atoms with van der Waals surface area (Å²) in [6, 6.07) is 14.1. The summed E-state index contributed by atoms with van der Waals surface area (Å²) < 4.78 is 10.7. The molecule has 104 valence electrons. The van der Waals surface area contributed by atoms with Crippen molar-refractivity contribution in [1.82, 2.24) is 9.97 Å². The van der Waals surface area contributed by atoms with Crippen molar-refractivity contribution >= 4 is 32.8 Å². The van der Waals surface area contributed by atoms with Crippen molar-refractivity contribution in [2.75, 3.05) is 14.2 Å². The van der Waals surface area contributed by atoms with Crippen LogP contribution in [0.4, 0.5) is 0 Å². The minimum atomic E-state index is 0.691. The zero-order valence-electron chi connectivity index (χ0n) is 11.8. The number of aromatic nitrogens is 2. The molecule has 4 nitrogen and oxygen atoms in total. The van der Waals surface area contributed by atoms with Gasteiger partial charge in [-0.15, -0.1) is 0 Å². The molecule has 21 heavy (non-hydrogen) atoms. The summed E-state index contributed by atoms with van der Waals surface area (Å²) in [7, 11) is 3.27. The van der Waals surface area contributed by atoms with Gasteiger partial charge in [0.25, 0.3) is 0 Å². The second-order valence-electron chi connectivity index (χ2n) is 4.96. The number of pyridine rings is 1. The standard InChI is InChI=1S/C17H14N2O2/c1-20-15-8-10-7-14-17(19-13(10)9-16(15)21-2)11-5-3-4-6-12(11)18-14/h3-9,18H,1-2H3. The summed E-state index contributed by atoms with van der Waals surface area (Å²) >= 11 is 0. The van der Waals surface area contributed by atoms with Gasteiger partial charge in [-0.05, 0) is 18.2 Å². The quantitative estimate of drug-likeness (QED) is 0.605. The van der Waals surface area contributed by atoms with E-state index < -0.39 is 0 Å². The third-order valence-electron chi connectivity index (χ3n) is 3.77. The Balaban J connectivity index is 2.12. The Bertz CT molecular complexity index is 973. The zero-order valence-corrected chi connectivity index (χ0v) is 11.8. The molecule has 1 N–H and O–H groups in total. The molecule has 0 saturated carbocycles. The van der Waals surface area contributed by atoms with Crippen LogP contribution in [-0.2, 0) is 0 Å². The molecule has 0 aliphatic carbocycles. The van der Waals surface area contributed by atoms with E-state index in [1.165, 1.54) is 0 Å². The first kappa shape index (κ1) is 12.0. The highest BCUT2D eigenvalue weighted by Crippen LogP contribution is 2.34. The summed E-state index contributed by atoms with van der Waals surface area (Å²) in [4.78, 5) is 8.18. The number of aromatic amines is 1. The van der Waals surface area contributed by atoms with Gasteiger partial charge in [-0.1, -0.05) is 18.2 Å². The van der Waals surface area contributed by atoms with Crippen LogP contribution in [0.25, 0.3) is 32.8 Å². The van der Waals surface area contributed by atoms with Crippen molar-refractivity contribution in [2.45, 2.75) is 0 Å². The number of nitrogens with zero attached hydrogens (tertiary/aromatic N) is 1. The SMILES string of the molecule is COc1cc2cc3[nH]c4ccccc4c3nc2cc1OC. The Morgan fingerprint density at radius 1 is 0.905 bits per heavy atom. The number of para-hydroxylation sites is 1. The number of fused-ring (bicyclic) bond motifs is 4. The maximum Gasteiger partial charge on any atom is 0.162 e. The van der Waals surface area contributed by atoms with Gasteiger partial charge in [0, 0.05) is 22.4 Å². The van der Waals surface area contributed by atoms with E-state index in [1.807, 2.05) is 24.3 Å². The van der Waals surface area contributed by atoms with Gasteiger partial charge in [0.2, 0.25) is 0 Å². The van der Waals surface area contributed by atoms with E-state index in [0.717, 1.165) is 32.8 Å². The normalized spacial score (nSPS) is 11.3. The fraction of sp³-hybridized carbons (Fsp3) is 0.118. The molecule has 0 aliphatic rings. The Morgan fingerprint density at radius 2 is 1.67 bits per heavy atom. The Labute approximate surface area is 121 Å². The van der Waals surface area contributed by atoms with Crippen molar-refractivity contribution in [3.8, 4) is 11.5 Å². The van der Waals surface area contributed by atoms with E-state index >= 15 is 0 Å². The van der Waals surface area contributed by atoms with E-state index in [4.69, 9.17) is 14.5 Å². The van der Waals surface area contributed by atoms with E-state index in [2.05, 4.69) is 23.2 Å². The molecule has 0 unspecified atom stereocenters. The van der Waals surface area contributed by atoms with Crippen LogP contribution in [-0.4, -0.2) is 24.2 Å². The van der Waals surface area contributed by atoms with E-state index in [9.17, 15) is 0 Å². The van der Waals surface area contributed by atoms with Gasteiger partial charge in [-0.2, -0.15) is 0 Å². The smallest absolute Gasteiger partial charge is 0.162 e. The summed E-state index contributed by atoms with van der Waals surface area (Å²) in [5, 5.41) is 2.15. The largest absolute Gasteiger partial charge is 0.493 e. The van der Waals surface area contributed by atoms with Gasteiger partial charge in [-0.25, -0.2) is 4.98 Å². The predicted octanol–water partition coefficient (Wildman–Crippen LogP) is 3.89. The fourth-order valence-electron chi connectivity index (χ4n) is 2.75. The summed E-state index contributed by atoms with van der Waals surface area (Å²) in [5.41, 5.74) is 3.99. The number of hydrogen-bond acceptors (Lipinski definition) is 3. The average molecular weight is 278 g/mol. The first-order chi connectivity index (χ1) is 10.3. The molecular formula is C17H14N2O2. The third kappa shape index (κ3) is 1.72. The topological polar surface area (TPSA) is 47.1 Å². The molecular weight excluding hydrogens is 264 g/mol. The molecule has 4 aromatic rings. The highest BCUT2D eigenvalue weighted by Gasteiger charge is 2.10. The molecule has 0 fully saturated rings. The second kappa shape index (κ2) is 4.38. The molecule has 4 heteroatoms. The number of nitrogens with one attached hydrogen (secondary N) is 1. The molecule has 0 saturated heterocycles. The lowest BCUT2D eigenvalue weighted by Gasteiger charge is -2.08. The van der Waals surface area contributed by atoms with Crippen molar-refractivity contribution in [3.63, 3.8) is 0 Å². The highest BCUT2D eigenvalue weighted by atomic mass is 16.5. The van der Waals surface area contributed by atoms with Crippen molar-refractivity contribution < 1.29 is 9.47 Å². The van der Waals surface area contributed by atoms with Crippen LogP contribution in [0.3, 0.4) is 0 Å². The van der Waals surface area contributed by atoms with Crippen molar-refractivity contribution in [3.05, 3.63) is 42.5 Å². The Morgan fingerprint density at radius 3 is 2.48 bits per heavy atom. The maximum atomic E-state index is 5.35. The van der Waals surface area contributed by atoms with Crippen molar-refractivity contribution in [1.29, 1.82) is 0 Å². The predicted molar refractivity (Wildman–Crippen MR) is 84.2 cm³/mol. The van der Waals surface area contributed by atoms with E-state index in [0.29, 0.717) is 11.5 Å². The molecule has 0 spiro atoms. The van der Waals surface area contributed by atoms with Gasteiger partial charge in [0.1, 0.15) is 0 Å². The molecule has 2 aromatic carbocycles. The van der Waals surface area contributed by atoms with Gasteiger partial charge < -0.3 is 14.5 Å². The number of rotatable bonds is 2. The van der Waals surface area contributed by atoms with E-state index in [-0.39, 0.29) is 0 Å². The second-order valence-corrected chi connectivity index (χ2v) is 4.96. The summed E-state index contributed by atoms with van der Waals surface area (Å²) in [6.07, 6.45) is 0. The van der Waals surface area contributed by atoms with Crippen LogP contribution in [0.5, 0.6) is 11.5 Å². The van der Waals surface area contributed by atoms with Crippen LogP contribution < -0.4 is 9.47 Å². The lowest BCUT2D eigenvalue weighted by Crippen LogP contribution is -1.91. The molecule has 0 radical (unpaired) electrons.